The number of rotatable bonds is 3. The van der Waals surface area contributed by atoms with E-state index in [0.29, 0.717) is 12.5 Å². The minimum absolute atomic E-state index is 0.0110. The van der Waals surface area contributed by atoms with Gasteiger partial charge in [0, 0.05) is 13.1 Å². The smallest absolute Gasteiger partial charge is 0.369 e. The molecule has 1 aliphatic rings. The van der Waals surface area contributed by atoms with Crippen molar-refractivity contribution in [1.29, 1.82) is 5.26 Å². The quantitative estimate of drug-likeness (QED) is 0.925. The molecule has 4 nitrogen and oxygen atoms in total. The SMILES string of the molecule is CN1CCC(CNc2nc(C(F)(F)F)ccc2C#N)C1. The Morgan fingerprint density at radius 1 is 1.50 bits per heavy atom. The fraction of sp³-hybridized carbons (Fsp3) is 0.538. The number of likely N-dealkylation sites (tertiary alicyclic amines) is 1. The van der Waals surface area contributed by atoms with Gasteiger partial charge in [0.05, 0.1) is 5.56 Å². The number of nitriles is 1. The third-order valence-corrected chi connectivity index (χ3v) is 3.35. The molecule has 0 spiro atoms. The van der Waals surface area contributed by atoms with Gasteiger partial charge < -0.3 is 10.2 Å². The molecule has 1 aromatic rings. The fourth-order valence-electron chi connectivity index (χ4n) is 2.28. The molecule has 0 bridgehead atoms. The Morgan fingerprint density at radius 2 is 2.25 bits per heavy atom. The van der Waals surface area contributed by atoms with Crippen LogP contribution in [0.25, 0.3) is 0 Å². The molecule has 0 amide bonds. The maximum Gasteiger partial charge on any atom is 0.433 e. The van der Waals surface area contributed by atoms with Gasteiger partial charge in [-0.2, -0.15) is 18.4 Å². The second-order valence-electron chi connectivity index (χ2n) is 5.00. The van der Waals surface area contributed by atoms with Gasteiger partial charge in [-0.15, -0.1) is 0 Å². The standard InChI is InChI=1S/C13H15F3N4/c1-20-5-4-9(8-20)7-18-12-10(6-17)2-3-11(19-12)13(14,15)16/h2-3,9H,4-5,7-8H2,1H3,(H,18,19). The summed E-state index contributed by atoms with van der Waals surface area (Å²) in [4.78, 5) is 5.69. The minimum atomic E-state index is -4.50. The van der Waals surface area contributed by atoms with E-state index >= 15 is 0 Å². The Bertz CT molecular complexity index is 521. The number of pyridine rings is 1. The largest absolute Gasteiger partial charge is 0.433 e. The van der Waals surface area contributed by atoms with E-state index in [9.17, 15) is 13.2 Å². The second-order valence-corrected chi connectivity index (χ2v) is 5.00. The number of hydrogen-bond donors (Lipinski definition) is 1. The molecule has 1 atom stereocenters. The molecule has 0 aromatic carbocycles. The van der Waals surface area contributed by atoms with E-state index in [-0.39, 0.29) is 11.4 Å². The predicted molar refractivity (Wildman–Crippen MR) is 68.0 cm³/mol. The summed E-state index contributed by atoms with van der Waals surface area (Å²) >= 11 is 0. The molecular formula is C13H15F3N4. The molecule has 0 aliphatic carbocycles. The molecule has 0 saturated carbocycles. The first-order chi connectivity index (χ1) is 9.40. The molecule has 7 heteroatoms. The van der Waals surface area contributed by atoms with Crippen molar-refractivity contribution in [3.05, 3.63) is 23.4 Å². The van der Waals surface area contributed by atoms with Gasteiger partial charge in [0.15, 0.2) is 0 Å². The number of alkyl halides is 3. The van der Waals surface area contributed by atoms with Crippen molar-refractivity contribution < 1.29 is 13.2 Å². The van der Waals surface area contributed by atoms with Crippen LogP contribution in [0, 0.1) is 17.2 Å². The fourth-order valence-corrected chi connectivity index (χ4v) is 2.28. The molecule has 2 heterocycles. The second kappa shape index (κ2) is 5.67. The van der Waals surface area contributed by atoms with Gasteiger partial charge in [0.25, 0.3) is 0 Å². The highest BCUT2D eigenvalue weighted by molar-refractivity contribution is 5.52. The molecule has 1 unspecified atom stereocenters. The first-order valence-corrected chi connectivity index (χ1v) is 6.31. The number of halogens is 3. The van der Waals surface area contributed by atoms with Gasteiger partial charge in [-0.25, -0.2) is 4.98 Å². The van der Waals surface area contributed by atoms with Crippen molar-refractivity contribution >= 4 is 5.82 Å². The third-order valence-electron chi connectivity index (χ3n) is 3.35. The molecule has 2 rings (SSSR count). The molecule has 1 saturated heterocycles. The zero-order chi connectivity index (χ0) is 14.8. The molecular weight excluding hydrogens is 269 g/mol. The van der Waals surface area contributed by atoms with Crippen LogP contribution < -0.4 is 5.32 Å². The lowest BCUT2D eigenvalue weighted by Crippen LogP contribution is -2.20. The summed E-state index contributed by atoms with van der Waals surface area (Å²) in [7, 11) is 2.00. The highest BCUT2D eigenvalue weighted by atomic mass is 19.4. The minimum Gasteiger partial charge on any atom is -0.369 e. The number of nitrogens with zero attached hydrogens (tertiary/aromatic N) is 3. The number of nitrogens with one attached hydrogen (secondary N) is 1. The van der Waals surface area contributed by atoms with Crippen LogP contribution in [0.3, 0.4) is 0 Å². The zero-order valence-corrected chi connectivity index (χ0v) is 11.0. The summed E-state index contributed by atoms with van der Waals surface area (Å²) < 4.78 is 37.8. The molecule has 1 fully saturated rings. The maximum absolute atomic E-state index is 12.6. The van der Waals surface area contributed by atoms with Crippen LogP contribution in [0.4, 0.5) is 19.0 Å². The molecule has 20 heavy (non-hydrogen) atoms. The molecule has 108 valence electrons. The van der Waals surface area contributed by atoms with E-state index in [1.165, 1.54) is 0 Å². The summed E-state index contributed by atoms with van der Waals surface area (Å²) in [5, 5.41) is 11.8. The van der Waals surface area contributed by atoms with Gasteiger partial charge in [0.2, 0.25) is 0 Å². The van der Waals surface area contributed by atoms with E-state index in [0.717, 1.165) is 31.6 Å². The first-order valence-electron chi connectivity index (χ1n) is 6.31. The van der Waals surface area contributed by atoms with Crippen LogP contribution in [-0.4, -0.2) is 36.6 Å². The summed E-state index contributed by atoms with van der Waals surface area (Å²) in [5.74, 6) is 0.375. The van der Waals surface area contributed by atoms with E-state index in [1.54, 1.807) is 0 Å². The monoisotopic (exact) mass is 284 g/mol. The number of aromatic nitrogens is 1. The van der Waals surface area contributed by atoms with Crippen LogP contribution in [0.1, 0.15) is 17.7 Å². The van der Waals surface area contributed by atoms with Gasteiger partial charge in [-0.1, -0.05) is 0 Å². The van der Waals surface area contributed by atoms with E-state index in [2.05, 4.69) is 15.2 Å². The average Bonchev–Trinajstić information content (AvgIpc) is 2.80. The van der Waals surface area contributed by atoms with Crippen LogP contribution >= 0.6 is 0 Å². The molecule has 1 aliphatic heterocycles. The van der Waals surface area contributed by atoms with Gasteiger partial charge in [0.1, 0.15) is 17.6 Å². The maximum atomic E-state index is 12.6. The Hall–Kier alpha value is -1.81. The topological polar surface area (TPSA) is 52.0 Å². The normalized spacial score (nSPS) is 19.9. The lowest BCUT2D eigenvalue weighted by Gasteiger charge is -2.14. The number of hydrogen-bond acceptors (Lipinski definition) is 4. The van der Waals surface area contributed by atoms with E-state index in [4.69, 9.17) is 5.26 Å². The summed E-state index contributed by atoms with van der Waals surface area (Å²) in [6, 6.07) is 3.83. The zero-order valence-electron chi connectivity index (χ0n) is 11.0. The Kier molecular flexibility index (Phi) is 4.14. The van der Waals surface area contributed by atoms with E-state index in [1.807, 2.05) is 13.1 Å². The number of anilines is 1. The Morgan fingerprint density at radius 3 is 2.80 bits per heavy atom. The third kappa shape index (κ3) is 3.39. The Labute approximate surface area is 115 Å². The summed E-state index contributed by atoms with van der Waals surface area (Å²) in [5.41, 5.74) is -0.855. The lowest BCUT2D eigenvalue weighted by molar-refractivity contribution is -0.141. The van der Waals surface area contributed by atoms with Crippen molar-refractivity contribution in [2.75, 3.05) is 32.0 Å². The van der Waals surface area contributed by atoms with Gasteiger partial charge >= 0.3 is 6.18 Å². The van der Waals surface area contributed by atoms with Crippen LogP contribution in [0.2, 0.25) is 0 Å². The lowest BCUT2D eigenvalue weighted by atomic mass is 10.1. The predicted octanol–water partition coefficient (Wildman–Crippen LogP) is 2.34. The average molecular weight is 284 g/mol. The molecule has 1 aromatic heterocycles. The molecule has 0 radical (unpaired) electrons. The first kappa shape index (κ1) is 14.6. The van der Waals surface area contributed by atoms with Gasteiger partial charge in [-0.05, 0) is 38.1 Å². The van der Waals surface area contributed by atoms with Crippen LogP contribution in [0.15, 0.2) is 12.1 Å². The summed E-state index contributed by atoms with van der Waals surface area (Å²) in [6.07, 6.45) is -3.51. The van der Waals surface area contributed by atoms with Gasteiger partial charge in [-0.3, -0.25) is 0 Å². The van der Waals surface area contributed by atoms with Crippen molar-refractivity contribution in [2.45, 2.75) is 12.6 Å². The van der Waals surface area contributed by atoms with Crippen LogP contribution in [-0.2, 0) is 6.18 Å². The van der Waals surface area contributed by atoms with E-state index < -0.39 is 11.9 Å². The van der Waals surface area contributed by atoms with Crippen LogP contribution in [0.5, 0.6) is 0 Å². The van der Waals surface area contributed by atoms with Crippen molar-refractivity contribution in [3.8, 4) is 6.07 Å². The summed E-state index contributed by atoms with van der Waals surface area (Å²) in [6.45, 7) is 2.40. The van der Waals surface area contributed by atoms with Crippen molar-refractivity contribution in [1.82, 2.24) is 9.88 Å². The highest BCUT2D eigenvalue weighted by Crippen LogP contribution is 2.29. The van der Waals surface area contributed by atoms with Crippen molar-refractivity contribution in [3.63, 3.8) is 0 Å². The molecule has 1 N–H and O–H groups in total. The van der Waals surface area contributed by atoms with Crippen molar-refractivity contribution in [2.24, 2.45) is 5.92 Å². The Balaban J connectivity index is 2.11. The highest BCUT2D eigenvalue weighted by Gasteiger charge is 2.33.